The minimum absolute atomic E-state index is 0.0176. The zero-order chi connectivity index (χ0) is 19.9. The number of fused-ring (bicyclic) bond motifs is 1. The highest BCUT2D eigenvalue weighted by Crippen LogP contribution is 2.35. The smallest absolute Gasteiger partial charge is 0.339 e. The number of benzene rings is 1. The third-order valence-corrected chi connectivity index (χ3v) is 5.13. The lowest BCUT2D eigenvalue weighted by atomic mass is 9.82. The van der Waals surface area contributed by atoms with Crippen molar-refractivity contribution in [3.05, 3.63) is 40.2 Å². The van der Waals surface area contributed by atoms with Crippen LogP contribution in [0, 0.1) is 5.92 Å². The summed E-state index contributed by atoms with van der Waals surface area (Å²) in [7, 11) is 0. The van der Waals surface area contributed by atoms with Crippen molar-refractivity contribution in [2.24, 2.45) is 5.92 Å². The van der Waals surface area contributed by atoms with Crippen LogP contribution in [0.1, 0.15) is 33.3 Å². The molecule has 0 aliphatic carbocycles. The minimum atomic E-state index is -1.21. The van der Waals surface area contributed by atoms with Crippen molar-refractivity contribution in [2.75, 3.05) is 0 Å². The van der Waals surface area contributed by atoms with Gasteiger partial charge in [0.15, 0.2) is 0 Å². The topological polar surface area (TPSA) is 106 Å². The summed E-state index contributed by atoms with van der Waals surface area (Å²) in [6, 6.07) is 6.47. The second-order valence-corrected chi connectivity index (χ2v) is 7.61. The molecule has 1 unspecified atom stereocenters. The van der Waals surface area contributed by atoms with Gasteiger partial charge in [0.05, 0.1) is 11.7 Å². The Morgan fingerprint density at radius 2 is 1.93 bits per heavy atom. The highest BCUT2D eigenvalue weighted by atomic mass is 16.7. The van der Waals surface area contributed by atoms with E-state index in [0.29, 0.717) is 22.3 Å². The molecule has 7 heteroatoms. The molecule has 2 heterocycles. The molecule has 1 aliphatic heterocycles. The van der Waals surface area contributed by atoms with Gasteiger partial charge >= 0.3 is 5.63 Å². The van der Waals surface area contributed by atoms with E-state index in [4.69, 9.17) is 13.9 Å². The minimum Gasteiger partial charge on any atom is -0.462 e. The van der Waals surface area contributed by atoms with Gasteiger partial charge in [-0.3, -0.25) is 4.79 Å². The monoisotopic (exact) mass is 376 g/mol. The summed E-state index contributed by atoms with van der Waals surface area (Å²) < 4.78 is 16.8. The number of carbonyl (C=O) groups excluding carboxylic acids is 1. The summed E-state index contributed by atoms with van der Waals surface area (Å²) in [5, 5.41) is 21.2. The molecule has 2 aromatic rings. The second kappa shape index (κ2) is 7.07. The average molecular weight is 376 g/mol. The molecular formula is C20H24O7. The predicted octanol–water partition coefficient (Wildman–Crippen LogP) is 1.80. The molecule has 27 heavy (non-hydrogen) atoms. The van der Waals surface area contributed by atoms with Crippen molar-refractivity contribution in [3.8, 4) is 5.75 Å². The van der Waals surface area contributed by atoms with E-state index < -0.39 is 29.7 Å². The Balaban J connectivity index is 1.87. The fourth-order valence-electron chi connectivity index (χ4n) is 3.17. The van der Waals surface area contributed by atoms with Crippen LogP contribution in [0.15, 0.2) is 33.5 Å². The molecule has 146 valence electrons. The van der Waals surface area contributed by atoms with Gasteiger partial charge in [-0.2, -0.15) is 0 Å². The summed E-state index contributed by atoms with van der Waals surface area (Å²) >= 11 is 0. The van der Waals surface area contributed by atoms with Crippen LogP contribution in [-0.4, -0.2) is 40.1 Å². The largest absolute Gasteiger partial charge is 0.462 e. The molecule has 0 spiro atoms. The Labute approximate surface area is 156 Å². The van der Waals surface area contributed by atoms with Crippen LogP contribution < -0.4 is 10.4 Å². The molecule has 0 amide bonds. The molecule has 0 radical (unpaired) electrons. The normalized spacial score (nSPS) is 27.5. The van der Waals surface area contributed by atoms with Gasteiger partial charge in [-0.25, -0.2) is 4.79 Å². The molecular weight excluding hydrogens is 352 g/mol. The molecule has 3 rings (SSSR count). The Morgan fingerprint density at radius 1 is 1.22 bits per heavy atom. The molecule has 2 N–H and O–H groups in total. The fraction of sp³-hybridized carbons (Fsp3) is 0.500. The Kier molecular flexibility index (Phi) is 5.12. The van der Waals surface area contributed by atoms with E-state index in [1.165, 1.54) is 13.0 Å². The SMILES string of the molecule is CC(=O)Cc1cc2ccc(OC3OC(C)(C)[C@H](C)[C@@H](O)[C@@H]3O)cc2oc1=O. The lowest BCUT2D eigenvalue weighted by Gasteiger charge is -2.46. The van der Waals surface area contributed by atoms with Crippen molar-refractivity contribution in [3.63, 3.8) is 0 Å². The zero-order valence-corrected chi connectivity index (χ0v) is 15.8. The first kappa shape index (κ1) is 19.5. The predicted molar refractivity (Wildman–Crippen MR) is 97.6 cm³/mol. The van der Waals surface area contributed by atoms with Crippen molar-refractivity contribution in [2.45, 2.75) is 58.2 Å². The van der Waals surface area contributed by atoms with Crippen LogP contribution in [0.3, 0.4) is 0 Å². The number of hydrogen-bond acceptors (Lipinski definition) is 7. The number of rotatable bonds is 4. The van der Waals surface area contributed by atoms with Gasteiger partial charge in [0.25, 0.3) is 0 Å². The fourth-order valence-corrected chi connectivity index (χ4v) is 3.17. The summed E-state index contributed by atoms with van der Waals surface area (Å²) in [5.41, 5.74) is -0.667. The van der Waals surface area contributed by atoms with Crippen molar-refractivity contribution >= 4 is 16.8 Å². The van der Waals surface area contributed by atoms with Crippen LogP contribution in [0.5, 0.6) is 5.75 Å². The number of carbonyl (C=O) groups is 1. The number of ether oxygens (including phenoxy) is 2. The van der Waals surface area contributed by atoms with Crippen LogP contribution >= 0.6 is 0 Å². The summed E-state index contributed by atoms with van der Waals surface area (Å²) in [6.07, 6.45) is -3.25. The van der Waals surface area contributed by atoms with E-state index in [9.17, 15) is 19.8 Å². The molecule has 4 atom stereocenters. The molecule has 0 bridgehead atoms. The van der Waals surface area contributed by atoms with Crippen molar-refractivity contribution < 1.29 is 28.9 Å². The highest BCUT2D eigenvalue weighted by molar-refractivity contribution is 5.82. The first-order chi connectivity index (χ1) is 12.6. The molecule has 1 aromatic heterocycles. The lowest BCUT2D eigenvalue weighted by Crippen LogP contribution is -2.59. The molecule has 1 aromatic carbocycles. The summed E-state index contributed by atoms with van der Waals surface area (Å²) in [5.74, 6) is -0.0753. The van der Waals surface area contributed by atoms with Crippen molar-refractivity contribution in [1.82, 2.24) is 0 Å². The van der Waals surface area contributed by atoms with E-state index >= 15 is 0 Å². The van der Waals surface area contributed by atoms with Gasteiger partial charge in [-0.05, 0) is 39.0 Å². The number of aliphatic hydroxyl groups excluding tert-OH is 2. The van der Waals surface area contributed by atoms with Crippen LogP contribution in [0.2, 0.25) is 0 Å². The summed E-state index contributed by atoms with van der Waals surface area (Å²) in [4.78, 5) is 23.3. The Bertz CT molecular complexity index is 914. The van der Waals surface area contributed by atoms with Crippen LogP contribution in [-0.2, 0) is 16.0 Å². The maximum Gasteiger partial charge on any atom is 0.339 e. The quantitative estimate of drug-likeness (QED) is 0.784. The van der Waals surface area contributed by atoms with E-state index in [1.807, 2.05) is 13.8 Å². The van der Waals surface area contributed by atoms with E-state index in [0.717, 1.165) is 0 Å². The first-order valence-corrected chi connectivity index (χ1v) is 8.85. The van der Waals surface area contributed by atoms with Gasteiger partial charge in [-0.15, -0.1) is 0 Å². The van der Waals surface area contributed by atoms with Gasteiger partial charge in [0.2, 0.25) is 6.29 Å². The molecule has 1 saturated heterocycles. The average Bonchev–Trinajstić information content (AvgIpc) is 2.58. The zero-order valence-electron chi connectivity index (χ0n) is 15.8. The third-order valence-electron chi connectivity index (χ3n) is 5.13. The van der Waals surface area contributed by atoms with Crippen molar-refractivity contribution in [1.29, 1.82) is 0 Å². The maximum absolute atomic E-state index is 12.0. The number of aliphatic hydroxyl groups is 2. The maximum atomic E-state index is 12.0. The summed E-state index contributed by atoms with van der Waals surface area (Å²) in [6.45, 7) is 6.85. The van der Waals surface area contributed by atoms with Crippen LogP contribution in [0.25, 0.3) is 11.0 Å². The van der Waals surface area contributed by atoms with E-state index in [2.05, 4.69) is 0 Å². The van der Waals surface area contributed by atoms with Gasteiger partial charge in [-0.1, -0.05) is 6.92 Å². The molecule has 0 saturated carbocycles. The standard InChI is InChI=1S/C20H24O7/c1-10(21)7-13-8-12-5-6-14(9-15(12)26-18(13)24)25-19-17(23)16(22)11(2)20(3,4)27-19/h5-6,8-9,11,16-17,19,22-23H,7H2,1-4H3/t11-,16-,17+,19?/m1/s1. The molecule has 7 nitrogen and oxygen atoms in total. The van der Waals surface area contributed by atoms with E-state index in [-0.39, 0.29) is 18.1 Å². The Hall–Kier alpha value is -2.22. The molecule has 1 aliphatic rings. The Morgan fingerprint density at radius 3 is 2.59 bits per heavy atom. The third kappa shape index (κ3) is 3.90. The number of Topliss-reactive ketones (excluding diaryl/α,β-unsaturated/α-hetero) is 1. The van der Waals surface area contributed by atoms with Gasteiger partial charge in [0, 0.05) is 29.4 Å². The molecule has 1 fully saturated rings. The lowest BCUT2D eigenvalue weighted by molar-refractivity contribution is -0.284. The highest BCUT2D eigenvalue weighted by Gasteiger charge is 2.47. The second-order valence-electron chi connectivity index (χ2n) is 7.61. The van der Waals surface area contributed by atoms with Crippen LogP contribution in [0.4, 0.5) is 0 Å². The number of hydrogen-bond donors (Lipinski definition) is 2. The number of ketones is 1. The van der Waals surface area contributed by atoms with Gasteiger partial charge < -0.3 is 24.1 Å². The van der Waals surface area contributed by atoms with Gasteiger partial charge in [0.1, 0.15) is 23.2 Å². The first-order valence-electron chi connectivity index (χ1n) is 8.85. The van der Waals surface area contributed by atoms with E-state index in [1.54, 1.807) is 25.1 Å².